The fourth-order valence-corrected chi connectivity index (χ4v) is 6.17. The maximum absolute atomic E-state index is 13.3. The number of rotatable bonds is 5. The Hall–Kier alpha value is -3.48. The monoisotopic (exact) mass is 613 g/mol. The lowest BCUT2D eigenvalue weighted by Crippen LogP contribution is -2.37. The van der Waals surface area contributed by atoms with Crippen molar-refractivity contribution in [2.75, 3.05) is 13.1 Å². The second kappa shape index (κ2) is 11.9. The molecule has 1 amide bonds. The summed E-state index contributed by atoms with van der Waals surface area (Å²) in [6.45, 7) is 1.82. The lowest BCUT2D eigenvalue weighted by atomic mass is 9.88. The van der Waals surface area contributed by atoms with Gasteiger partial charge in [0, 0.05) is 46.6 Å². The molecule has 0 atom stereocenters. The van der Waals surface area contributed by atoms with Gasteiger partial charge in [-0.3, -0.25) is 9.78 Å². The van der Waals surface area contributed by atoms with Gasteiger partial charge in [0.1, 0.15) is 6.61 Å². The van der Waals surface area contributed by atoms with Gasteiger partial charge in [-0.25, -0.2) is 4.98 Å². The molecule has 6 rings (SSSR count). The van der Waals surface area contributed by atoms with Crippen LogP contribution in [-0.4, -0.2) is 33.9 Å². The highest BCUT2D eigenvalue weighted by Crippen LogP contribution is 2.39. The van der Waals surface area contributed by atoms with E-state index in [2.05, 4.69) is 39.1 Å². The third kappa shape index (κ3) is 5.98. The first kappa shape index (κ1) is 26.7. The van der Waals surface area contributed by atoms with Crippen molar-refractivity contribution in [2.24, 2.45) is 0 Å². The number of amides is 1. The van der Waals surface area contributed by atoms with Gasteiger partial charge in [0.15, 0.2) is 0 Å². The van der Waals surface area contributed by atoms with Gasteiger partial charge in [0.25, 0.3) is 0 Å². The molecule has 3 heterocycles. The zero-order valence-electron chi connectivity index (χ0n) is 22.1. The van der Waals surface area contributed by atoms with Crippen molar-refractivity contribution >= 4 is 39.0 Å². The van der Waals surface area contributed by atoms with Gasteiger partial charge in [0.05, 0.1) is 12.1 Å². The summed E-state index contributed by atoms with van der Waals surface area (Å²) in [4.78, 5) is 24.5. The van der Waals surface area contributed by atoms with E-state index in [0.717, 1.165) is 52.0 Å². The van der Waals surface area contributed by atoms with Crippen LogP contribution in [0.15, 0.2) is 89.2 Å². The molecular formula is C33H29BrClN3O2. The Labute approximate surface area is 248 Å². The molecule has 0 bridgehead atoms. The largest absolute Gasteiger partial charge is 0.473 e. The normalized spacial score (nSPS) is 14.8. The summed E-state index contributed by atoms with van der Waals surface area (Å²) in [5.74, 6) is 0.657. The topological polar surface area (TPSA) is 55.3 Å². The molecule has 0 spiro atoms. The molecule has 40 heavy (non-hydrogen) atoms. The molecule has 0 unspecified atom stereocenters. The van der Waals surface area contributed by atoms with Gasteiger partial charge < -0.3 is 9.64 Å². The molecule has 202 valence electrons. The van der Waals surface area contributed by atoms with E-state index in [0.29, 0.717) is 32.0 Å². The molecule has 1 saturated heterocycles. The number of pyridine rings is 2. The minimum Gasteiger partial charge on any atom is -0.473 e. The van der Waals surface area contributed by atoms with Crippen LogP contribution in [0.4, 0.5) is 0 Å². The number of aryl methyl sites for hydroxylation is 2. The van der Waals surface area contributed by atoms with Crippen molar-refractivity contribution in [1.82, 2.24) is 14.9 Å². The molecule has 7 heteroatoms. The van der Waals surface area contributed by atoms with Gasteiger partial charge in [-0.15, -0.1) is 0 Å². The number of aromatic nitrogens is 2. The molecule has 4 aromatic rings. The molecule has 2 aromatic carbocycles. The van der Waals surface area contributed by atoms with E-state index in [1.54, 1.807) is 6.20 Å². The van der Waals surface area contributed by atoms with E-state index < -0.39 is 0 Å². The highest BCUT2D eigenvalue weighted by atomic mass is 79.9. The van der Waals surface area contributed by atoms with Crippen molar-refractivity contribution in [3.63, 3.8) is 0 Å². The van der Waals surface area contributed by atoms with E-state index >= 15 is 0 Å². The number of nitrogens with zero attached hydrogens (tertiary/aromatic N) is 3. The second-order valence-corrected chi connectivity index (χ2v) is 11.6. The van der Waals surface area contributed by atoms with Crippen LogP contribution in [0, 0.1) is 0 Å². The van der Waals surface area contributed by atoms with Gasteiger partial charge in [-0.05, 0) is 93.7 Å². The fourth-order valence-electron chi connectivity index (χ4n) is 5.60. The second-order valence-electron chi connectivity index (χ2n) is 10.3. The zero-order chi connectivity index (χ0) is 27.5. The Morgan fingerprint density at radius 2 is 1.70 bits per heavy atom. The smallest absolute Gasteiger partial charge is 0.227 e. The summed E-state index contributed by atoms with van der Waals surface area (Å²) in [5.41, 5.74) is 9.32. The van der Waals surface area contributed by atoms with E-state index in [-0.39, 0.29) is 5.91 Å². The number of likely N-dealkylation sites (tertiary alicyclic amines) is 1. The van der Waals surface area contributed by atoms with E-state index in [4.69, 9.17) is 21.3 Å². The van der Waals surface area contributed by atoms with Gasteiger partial charge >= 0.3 is 0 Å². The van der Waals surface area contributed by atoms with E-state index in [1.807, 2.05) is 59.6 Å². The lowest BCUT2D eigenvalue weighted by molar-refractivity contribution is -0.130. The first-order valence-corrected chi connectivity index (χ1v) is 14.8. The summed E-state index contributed by atoms with van der Waals surface area (Å²) in [7, 11) is 0. The first-order chi connectivity index (χ1) is 19.5. The summed E-state index contributed by atoms with van der Waals surface area (Å²) < 4.78 is 6.85. The molecule has 1 aliphatic heterocycles. The standard InChI is InChI=1S/C33H29BrClN3O2/c34-27-18-26-7-6-25-19-28(35)8-9-29(25)32(33(26)37-20-27)24-11-14-38(15-12-24)31(39)17-23-10-13-36-30(16-23)40-21-22-4-2-1-3-5-22/h1-5,8-10,13,16,18-20H,6-7,11-12,14-15,17,21H2. The third-order valence-electron chi connectivity index (χ3n) is 7.63. The number of carbonyl (C=O) groups is 1. The predicted octanol–water partition coefficient (Wildman–Crippen LogP) is 7.24. The molecule has 5 nitrogen and oxygen atoms in total. The van der Waals surface area contributed by atoms with Crippen LogP contribution in [0.1, 0.15) is 46.4 Å². The summed E-state index contributed by atoms with van der Waals surface area (Å²) in [6, 6.07) is 22.1. The van der Waals surface area contributed by atoms with Crippen molar-refractivity contribution in [3.8, 4) is 5.88 Å². The molecule has 0 radical (unpaired) electrons. The van der Waals surface area contributed by atoms with Gasteiger partial charge in [0.2, 0.25) is 11.8 Å². The highest BCUT2D eigenvalue weighted by Gasteiger charge is 2.27. The maximum Gasteiger partial charge on any atom is 0.227 e. The molecule has 1 aliphatic carbocycles. The average Bonchev–Trinajstić information content (AvgIpc) is 3.13. The van der Waals surface area contributed by atoms with Crippen LogP contribution < -0.4 is 4.74 Å². The van der Waals surface area contributed by atoms with Crippen LogP contribution in [-0.2, 0) is 30.7 Å². The van der Waals surface area contributed by atoms with Crippen LogP contribution in [0.25, 0.3) is 5.57 Å². The number of fused-ring (bicyclic) bond motifs is 2. The average molecular weight is 615 g/mol. The molecule has 2 aromatic heterocycles. The fraction of sp³-hybridized carbons (Fsp3) is 0.242. The molecular weight excluding hydrogens is 586 g/mol. The number of ether oxygens (including phenoxy) is 1. The molecule has 0 N–H and O–H groups in total. The van der Waals surface area contributed by atoms with Gasteiger partial charge in [-0.1, -0.05) is 53.6 Å². The van der Waals surface area contributed by atoms with Crippen LogP contribution in [0.2, 0.25) is 5.02 Å². The molecule has 1 fully saturated rings. The number of benzene rings is 2. The van der Waals surface area contributed by atoms with E-state index in [1.165, 1.54) is 27.8 Å². The van der Waals surface area contributed by atoms with Crippen LogP contribution >= 0.6 is 27.5 Å². The van der Waals surface area contributed by atoms with Crippen LogP contribution in [0.5, 0.6) is 5.88 Å². The number of hydrogen-bond donors (Lipinski definition) is 0. The summed E-state index contributed by atoms with van der Waals surface area (Å²) in [6.07, 6.45) is 7.40. The first-order valence-electron chi connectivity index (χ1n) is 13.6. The maximum atomic E-state index is 13.3. The molecule has 0 saturated carbocycles. The summed E-state index contributed by atoms with van der Waals surface area (Å²) in [5, 5.41) is 0.758. The van der Waals surface area contributed by atoms with E-state index in [9.17, 15) is 4.79 Å². The predicted molar refractivity (Wildman–Crippen MR) is 161 cm³/mol. The number of hydrogen-bond acceptors (Lipinski definition) is 4. The minimum absolute atomic E-state index is 0.125. The minimum atomic E-state index is 0.125. The van der Waals surface area contributed by atoms with Crippen molar-refractivity contribution in [1.29, 1.82) is 0 Å². The van der Waals surface area contributed by atoms with Crippen molar-refractivity contribution in [3.05, 3.63) is 128 Å². The Morgan fingerprint density at radius 1 is 0.900 bits per heavy atom. The SMILES string of the molecule is O=C(Cc1ccnc(OCc2ccccc2)c1)N1CCC(=C2c3ccc(Cl)cc3CCc3cc(Br)cnc32)CC1. The summed E-state index contributed by atoms with van der Waals surface area (Å²) >= 11 is 9.98. The Kier molecular flexibility index (Phi) is 7.98. The number of piperidine rings is 1. The quantitative estimate of drug-likeness (QED) is 0.238. The number of halogens is 2. The third-order valence-corrected chi connectivity index (χ3v) is 8.30. The number of carbonyl (C=O) groups excluding carboxylic acids is 1. The van der Waals surface area contributed by atoms with Crippen molar-refractivity contribution < 1.29 is 9.53 Å². The van der Waals surface area contributed by atoms with Crippen molar-refractivity contribution in [2.45, 2.75) is 38.7 Å². The molecule has 2 aliphatic rings. The van der Waals surface area contributed by atoms with Crippen LogP contribution in [0.3, 0.4) is 0 Å². The lowest BCUT2D eigenvalue weighted by Gasteiger charge is -2.30. The Morgan fingerprint density at radius 3 is 2.52 bits per heavy atom. The Bertz CT molecular complexity index is 1520. The Balaban J connectivity index is 1.17. The van der Waals surface area contributed by atoms with Gasteiger partial charge in [-0.2, -0.15) is 0 Å². The highest BCUT2D eigenvalue weighted by molar-refractivity contribution is 9.10. The zero-order valence-corrected chi connectivity index (χ0v) is 24.4.